The van der Waals surface area contributed by atoms with Crippen molar-refractivity contribution >= 4 is 22.6 Å². The lowest BCUT2D eigenvalue weighted by molar-refractivity contribution is 0.452. The number of hydrogen-bond donors (Lipinski definition) is 0. The number of nitrogens with zero attached hydrogens (tertiary/aromatic N) is 2. The average Bonchev–Trinajstić information content (AvgIpc) is 2.33. The van der Waals surface area contributed by atoms with Crippen LogP contribution in [0.5, 0.6) is 11.6 Å². The highest BCUT2D eigenvalue weighted by Gasteiger charge is 2.06. The van der Waals surface area contributed by atoms with E-state index >= 15 is 0 Å². The molecule has 3 nitrogen and oxygen atoms in total. The Morgan fingerprint density at radius 1 is 1.31 bits per heavy atom. The van der Waals surface area contributed by atoms with E-state index in [1.54, 1.807) is 6.20 Å². The third kappa shape index (κ3) is 2.49. The van der Waals surface area contributed by atoms with Gasteiger partial charge in [-0.25, -0.2) is 9.97 Å². The number of hydrogen-bond acceptors (Lipinski definition) is 3. The predicted molar refractivity (Wildman–Crippen MR) is 70.6 cm³/mol. The van der Waals surface area contributed by atoms with Gasteiger partial charge in [-0.05, 0) is 40.6 Å². The minimum Gasteiger partial charge on any atom is -0.438 e. The molecule has 1 aromatic heterocycles. The first kappa shape index (κ1) is 11.3. The van der Waals surface area contributed by atoms with Crippen molar-refractivity contribution < 1.29 is 4.74 Å². The average molecular weight is 326 g/mol. The van der Waals surface area contributed by atoms with Crippen LogP contribution in [0.15, 0.2) is 36.8 Å². The van der Waals surface area contributed by atoms with Crippen molar-refractivity contribution in [2.24, 2.45) is 0 Å². The second kappa shape index (κ2) is 5.25. The zero-order chi connectivity index (χ0) is 11.4. The van der Waals surface area contributed by atoms with E-state index in [0.717, 1.165) is 15.7 Å². The molecule has 0 aliphatic carbocycles. The number of halogens is 1. The molecule has 0 bridgehead atoms. The van der Waals surface area contributed by atoms with Crippen LogP contribution >= 0.6 is 22.6 Å². The van der Waals surface area contributed by atoms with Crippen molar-refractivity contribution in [2.75, 3.05) is 0 Å². The molecule has 1 aromatic carbocycles. The Bertz CT molecular complexity index is 488. The number of benzene rings is 1. The van der Waals surface area contributed by atoms with Gasteiger partial charge in [0.1, 0.15) is 12.1 Å². The molecule has 0 saturated carbocycles. The smallest absolute Gasteiger partial charge is 0.235 e. The second-order valence-corrected chi connectivity index (χ2v) is 4.40. The van der Waals surface area contributed by atoms with Gasteiger partial charge in [-0.3, -0.25) is 0 Å². The van der Waals surface area contributed by atoms with Gasteiger partial charge in [0.2, 0.25) is 5.88 Å². The molecule has 0 N–H and O–H groups in total. The molecule has 0 unspecified atom stereocenters. The maximum absolute atomic E-state index is 5.77. The summed E-state index contributed by atoms with van der Waals surface area (Å²) in [6, 6.07) is 7.99. The fraction of sp³-hybridized carbons (Fsp3) is 0.167. The van der Waals surface area contributed by atoms with Crippen molar-refractivity contribution in [3.05, 3.63) is 45.9 Å². The zero-order valence-corrected chi connectivity index (χ0v) is 11.0. The summed E-state index contributed by atoms with van der Waals surface area (Å²) in [7, 11) is 0. The Hall–Kier alpha value is -1.17. The number of para-hydroxylation sites is 1. The summed E-state index contributed by atoms with van der Waals surface area (Å²) >= 11 is 2.16. The number of aromatic nitrogens is 2. The fourth-order valence-electron chi connectivity index (χ4n) is 1.38. The van der Waals surface area contributed by atoms with Crippen LogP contribution in [0.3, 0.4) is 0 Å². The van der Waals surface area contributed by atoms with Crippen LogP contribution in [0.4, 0.5) is 0 Å². The predicted octanol–water partition coefficient (Wildman–Crippen LogP) is 3.44. The number of rotatable bonds is 3. The van der Waals surface area contributed by atoms with Gasteiger partial charge in [-0.1, -0.05) is 25.1 Å². The van der Waals surface area contributed by atoms with Crippen molar-refractivity contribution in [1.29, 1.82) is 0 Å². The minimum atomic E-state index is 0.608. The normalized spacial score (nSPS) is 10.1. The van der Waals surface area contributed by atoms with Crippen LogP contribution in [-0.4, -0.2) is 9.97 Å². The van der Waals surface area contributed by atoms with E-state index < -0.39 is 0 Å². The number of ether oxygens (including phenoxy) is 1. The van der Waals surface area contributed by atoms with E-state index in [0.29, 0.717) is 5.88 Å². The zero-order valence-electron chi connectivity index (χ0n) is 8.85. The molecule has 2 rings (SSSR count). The Morgan fingerprint density at radius 2 is 2.12 bits per heavy atom. The summed E-state index contributed by atoms with van der Waals surface area (Å²) in [5.41, 5.74) is 1.18. The summed E-state index contributed by atoms with van der Waals surface area (Å²) in [6.07, 6.45) is 4.17. The van der Waals surface area contributed by atoms with Gasteiger partial charge in [-0.2, -0.15) is 0 Å². The molecule has 16 heavy (non-hydrogen) atoms. The highest BCUT2D eigenvalue weighted by Crippen LogP contribution is 2.26. The molecule has 0 spiro atoms. The maximum atomic E-state index is 5.77. The molecule has 4 heteroatoms. The molecule has 0 amide bonds. The molecule has 0 radical (unpaired) electrons. The van der Waals surface area contributed by atoms with Crippen molar-refractivity contribution in [2.45, 2.75) is 13.3 Å². The van der Waals surface area contributed by atoms with Crippen molar-refractivity contribution in [1.82, 2.24) is 9.97 Å². The van der Waals surface area contributed by atoms with Crippen molar-refractivity contribution in [3.8, 4) is 11.6 Å². The largest absolute Gasteiger partial charge is 0.438 e. The Morgan fingerprint density at radius 3 is 2.88 bits per heavy atom. The van der Waals surface area contributed by atoms with E-state index in [-0.39, 0.29) is 0 Å². The molecule has 82 valence electrons. The monoisotopic (exact) mass is 326 g/mol. The SMILES string of the molecule is CCc1ccccc1Oc1ncncc1I. The van der Waals surface area contributed by atoms with Crippen LogP contribution < -0.4 is 4.74 Å². The topological polar surface area (TPSA) is 35.0 Å². The summed E-state index contributed by atoms with van der Waals surface area (Å²) in [5.74, 6) is 1.47. The Labute approximate surface area is 108 Å². The van der Waals surface area contributed by atoms with E-state index in [1.165, 1.54) is 11.9 Å². The molecule has 1 heterocycles. The first-order valence-corrected chi connectivity index (χ1v) is 6.10. The van der Waals surface area contributed by atoms with Gasteiger partial charge in [0, 0.05) is 6.20 Å². The van der Waals surface area contributed by atoms with Gasteiger partial charge < -0.3 is 4.74 Å². The molecule has 2 aromatic rings. The van der Waals surface area contributed by atoms with Gasteiger partial charge >= 0.3 is 0 Å². The van der Waals surface area contributed by atoms with Crippen LogP contribution in [0, 0.1) is 3.57 Å². The van der Waals surface area contributed by atoms with Gasteiger partial charge in [-0.15, -0.1) is 0 Å². The molecular weight excluding hydrogens is 315 g/mol. The maximum Gasteiger partial charge on any atom is 0.235 e. The van der Waals surface area contributed by atoms with Crippen LogP contribution in [0.1, 0.15) is 12.5 Å². The lowest BCUT2D eigenvalue weighted by Crippen LogP contribution is -1.94. The summed E-state index contributed by atoms with van der Waals surface area (Å²) in [6.45, 7) is 2.10. The van der Waals surface area contributed by atoms with E-state index in [4.69, 9.17) is 4.74 Å². The quantitative estimate of drug-likeness (QED) is 0.811. The van der Waals surface area contributed by atoms with Crippen LogP contribution in [0.2, 0.25) is 0 Å². The highest BCUT2D eigenvalue weighted by atomic mass is 127. The third-order valence-electron chi connectivity index (χ3n) is 2.19. The molecule has 0 fully saturated rings. The molecule has 0 aliphatic rings. The highest BCUT2D eigenvalue weighted by molar-refractivity contribution is 14.1. The van der Waals surface area contributed by atoms with Crippen LogP contribution in [0.25, 0.3) is 0 Å². The fourth-order valence-corrected chi connectivity index (χ4v) is 1.79. The summed E-state index contributed by atoms with van der Waals surface area (Å²) in [5, 5.41) is 0. The standard InChI is InChI=1S/C12H11IN2O/c1-2-9-5-3-4-6-11(9)16-12-10(13)7-14-8-15-12/h3-8H,2H2,1H3. The summed E-state index contributed by atoms with van der Waals surface area (Å²) in [4.78, 5) is 8.04. The van der Waals surface area contributed by atoms with Gasteiger partial charge in [0.25, 0.3) is 0 Å². The molecular formula is C12H11IN2O. The first-order chi connectivity index (χ1) is 7.81. The molecule has 0 atom stereocenters. The Kier molecular flexibility index (Phi) is 3.71. The van der Waals surface area contributed by atoms with Crippen LogP contribution in [-0.2, 0) is 6.42 Å². The van der Waals surface area contributed by atoms with E-state index in [2.05, 4.69) is 45.5 Å². The Balaban J connectivity index is 2.30. The third-order valence-corrected chi connectivity index (χ3v) is 2.93. The molecule has 0 aliphatic heterocycles. The minimum absolute atomic E-state index is 0.608. The lowest BCUT2D eigenvalue weighted by Gasteiger charge is -2.09. The van der Waals surface area contributed by atoms with E-state index in [9.17, 15) is 0 Å². The number of aryl methyl sites for hydroxylation is 1. The summed E-state index contributed by atoms with van der Waals surface area (Å²) < 4.78 is 6.68. The van der Waals surface area contributed by atoms with Crippen molar-refractivity contribution in [3.63, 3.8) is 0 Å². The molecule has 0 saturated heterocycles. The van der Waals surface area contributed by atoms with E-state index in [1.807, 2.05) is 18.2 Å². The first-order valence-electron chi connectivity index (χ1n) is 5.02. The lowest BCUT2D eigenvalue weighted by atomic mass is 10.1. The van der Waals surface area contributed by atoms with Gasteiger partial charge in [0.15, 0.2) is 0 Å². The second-order valence-electron chi connectivity index (χ2n) is 3.24. The van der Waals surface area contributed by atoms with Gasteiger partial charge in [0.05, 0.1) is 3.57 Å².